The zero-order chi connectivity index (χ0) is 30.5. The van der Waals surface area contributed by atoms with E-state index < -0.39 is 12.1 Å². The fraction of sp³-hybridized carbons (Fsp3) is 0.154. The van der Waals surface area contributed by atoms with E-state index in [-0.39, 0.29) is 12.4 Å². The molecule has 0 spiro atoms. The predicted octanol–water partition coefficient (Wildman–Crippen LogP) is 7.38. The van der Waals surface area contributed by atoms with Gasteiger partial charge in [-0.15, -0.1) is 0 Å². The summed E-state index contributed by atoms with van der Waals surface area (Å²) in [6.07, 6.45) is 6.85. The number of amides is 4. The summed E-state index contributed by atoms with van der Waals surface area (Å²) in [5.41, 5.74) is 2.25. The monoisotopic (exact) mass is 710 g/mol. The molecule has 0 aliphatic heterocycles. The first kappa shape index (κ1) is 33.4. The van der Waals surface area contributed by atoms with Gasteiger partial charge in [-0.05, 0) is 36.8 Å². The highest BCUT2D eigenvalue weighted by atomic mass is 79.9. The second-order valence-electron chi connectivity index (χ2n) is 7.87. The minimum absolute atomic E-state index is 0.265. The number of carbonyl (C=O) groups is 2. The Morgan fingerprint density at radius 1 is 0.762 bits per heavy atom. The maximum Gasteiger partial charge on any atom is 0.324 e. The molecule has 0 bridgehead atoms. The zero-order valence-electron chi connectivity index (χ0n) is 22.2. The van der Waals surface area contributed by atoms with Gasteiger partial charge in [0.15, 0.2) is 10.3 Å². The molecule has 0 aliphatic carbocycles. The van der Waals surface area contributed by atoms with Crippen LogP contribution < -0.4 is 21.3 Å². The number of aliphatic hydroxyl groups is 1. The number of carbonyl (C=O) groups excluding carboxylic acids is 2. The van der Waals surface area contributed by atoms with Gasteiger partial charge >= 0.3 is 12.1 Å². The molecule has 11 nitrogen and oxygen atoms in total. The fourth-order valence-electron chi connectivity index (χ4n) is 3.06. The van der Waals surface area contributed by atoms with Crippen molar-refractivity contribution in [1.29, 1.82) is 0 Å². The van der Waals surface area contributed by atoms with E-state index in [0.29, 0.717) is 48.4 Å². The maximum atomic E-state index is 12.0. The SMILES string of the molecule is CSc1ncc(CBr)c(NC(=O)Nc2ccccc2Cl)n1.CSc1ncc(CO)c(NC(=O)Nc2ccccc2Cl)n1. The molecule has 4 amide bonds. The molecular formula is C26H25BrCl2N8O3S2. The number of hydrogen-bond donors (Lipinski definition) is 5. The first-order valence-corrected chi connectivity index (χ1v) is 16.2. The fourth-order valence-corrected chi connectivity index (χ4v) is 4.51. The number of rotatable bonds is 8. The van der Waals surface area contributed by atoms with Crippen LogP contribution in [0.1, 0.15) is 11.1 Å². The molecule has 4 aromatic rings. The molecule has 2 heterocycles. The Morgan fingerprint density at radius 2 is 1.19 bits per heavy atom. The molecule has 0 atom stereocenters. The Hall–Kier alpha value is -3.14. The minimum Gasteiger partial charge on any atom is -0.391 e. The van der Waals surface area contributed by atoms with Crippen LogP contribution in [-0.4, -0.2) is 49.6 Å². The van der Waals surface area contributed by atoms with Gasteiger partial charge in [0.05, 0.1) is 28.0 Å². The Balaban J connectivity index is 0.000000230. The highest BCUT2D eigenvalue weighted by Gasteiger charge is 2.12. The Bertz CT molecular complexity index is 1420. The summed E-state index contributed by atoms with van der Waals surface area (Å²) in [6.45, 7) is -0.267. The first-order chi connectivity index (χ1) is 20.3. The number of thioether (sulfide) groups is 2. The van der Waals surface area contributed by atoms with Crippen molar-refractivity contribution in [2.45, 2.75) is 22.2 Å². The van der Waals surface area contributed by atoms with Crippen molar-refractivity contribution in [3.05, 3.63) is 82.1 Å². The van der Waals surface area contributed by atoms with Crippen LogP contribution >= 0.6 is 62.7 Å². The van der Waals surface area contributed by atoms with Crippen LogP contribution in [0.3, 0.4) is 0 Å². The summed E-state index contributed by atoms with van der Waals surface area (Å²) in [7, 11) is 0. The largest absolute Gasteiger partial charge is 0.391 e. The number of aliphatic hydroxyl groups excluding tert-OH is 1. The molecule has 2 aromatic heterocycles. The number of anilines is 4. The van der Waals surface area contributed by atoms with E-state index in [2.05, 4.69) is 57.1 Å². The van der Waals surface area contributed by atoms with Crippen molar-refractivity contribution in [3.63, 3.8) is 0 Å². The van der Waals surface area contributed by atoms with E-state index in [4.69, 9.17) is 23.2 Å². The Labute approximate surface area is 269 Å². The Kier molecular flexibility index (Phi) is 13.6. The Morgan fingerprint density at radius 3 is 1.60 bits per heavy atom. The summed E-state index contributed by atoms with van der Waals surface area (Å²) in [4.78, 5) is 40.6. The number of nitrogens with zero attached hydrogens (tertiary/aromatic N) is 4. The van der Waals surface area contributed by atoms with Gasteiger partial charge in [-0.3, -0.25) is 10.6 Å². The van der Waals surface area contributed by atoms with Crippen LogP contribution in [0.25, 0.3) is 0 Å². The van der Waals surface area contributed by atoms with E-state index in [1.807, 2.05) is 12.5 Å². The second kappa shape index (κ2) is 17.1. The first-order valence-electron chi connectivity index (χ1n) is 11.9. The standard InChI is InChI=1S/C13H12BrClN4OS.C13H13ClN4O2S/c1-21-13-16-7-8(6-14)11(19-13)18-12(20)17-10-5-3-2-4-9(10)15;1-21-13-15-6-8(7-19)11(18-13)17-12(20)16-10-5-3-2-4-9(10)14/h2-5,7H,6H2,1H3,(H2,16,17,18,19,20);2-6,19H,7H2,1H3,(H2,15,16,17,18,20). The third-order valence-electron chi connectivity index (χ3n) is 5.07. The minimum atomic E-state index is -0.497. The molecule has 4 rings (SSSR count). The van der Waals surface area contributed by atoms with E-state index >= 15 is 0 Å². The topological polar surface area (TPSA) is 154 Å². The summed E-state index contributed by atoms with van der Waals surface area (Å²) < 4.78 is 0. The highest BCUT2D eigenvalue weighted by molar-refractivity contribution is 9.08. The van der Waals surface area contributed by atoms with Crippen LogP contribution in [0, 0.1) is 0 Å². The summed E-state index contributed by atoms with van der Waals surface area (Å²) in [6, 6.07) is 13.0. The molecule has 0 fully saturated rings. The van der Waals surface area contributed by atoms with E-state index in [0.717, 1.165) is 5.56 Å². The van der Waals surface area contributed by atoms with Gasteiger partial charge in [0.2, 0.25) is 0 Å². The molecule has 16 heteroatoms. The molecule has 0 radical (unpaired) electrons. The summed E-state index contributed by atoms with van der Waals surface area (Å²) >= 11 is 18.1. The van der Waals surface area contributed by atoms with Gasteiger partial charge in [0.25, 0.3) is 0 Å². The maximum absolute atomic E-state index is 12.0. The third-order valence-corrected chi connectivity index (χ3v) is 7.46. The van der Waals surface area contributed by atoms with Crippen LogP contribution in [0.15, 0.2) is 71.2 Å². The van der Waals surface area contributed by atoms with Crippen molar-refractivity contribution in [1.82, 2.24) is 19.9 Å². The number of aromatic nitrogens is 4. The molecule has 2 aromatic carbocycles. The van der Waals surface area contributed by atoms with Gasteiger partial charge in [0.1, 0.15) is 11.6 Å². The van der Waals surface area contributed by atoms with Crippen LogP contribution in [-0.2, 0) is 11.9 Å². The summed E-state index contributed by atoms with van der Waals surface area (Å²) in [5.74, 6) is 0.734. The lowest BCUT2D eigenvalue weighted by Gasteiger charge is -2.11. The average molecular weight is 712 g/mol. The van der Waals surface area contributed by atoms with Crippen LogP contribution in [0.2, 0.25) is 10.0 Å². The van der Waals surface area contributed by atoms with Crippen LogP contribution in [0.5, 0.6) is 0 Å². The predicted molar refractivity (Wildman–Crippen MR) is 174 cm³/mol. The molecular weight excluding hydrogens is 687 g/mol. The number of para-hydroxylation sites is 2. The van der Waals surface area contributed by atoms with Crippen molar-refractivity contribution < 1.29 is 14.7 Å². The number of urea groups is 2. The van der Waals surface area contributed by atoms with Gasteiger partial charge in [-0.1, -0.05) is 86.9 Å². The molecule has 0 aliphatic rings. The quantitative estimate of drug-likeness (QED) is 0.0716. The van der Waals surface area contributed by atoms with Gasteiger partial charge in [-0.25, -0.2) is 29.5 Å². The number of alkyl halides is 1. The lowest BCUT2D eigenvalue weighted by molar-refractivity contribution is 0.261. The number of hydrogen-bond acceptors (Lipinski definition) is 9. The van der Waals surface area contributed by atoms with Crippen LogP contribution in [0.4, 0.5) is 32.6 Å². The molecule has 220 valence electrons. The van der Waals surface area contributed by atoms with E-state index in [1.165, 1.54) is 29.7 Å². The normalized spacial score (nSPS) is 10.2. The summed E-state index contributed by atoms with van der Waals surface area (Å²) in [5, 5.41) is 22.4. The number of halogens is 3. The molecule has 42 heavy (non-hydrogen) atoms. The van der Waals surface area contributed by atoms with Crippen molar-refractivity contribution in [2.24, 2.45) is 0 Å². The zero-order valence-corrected chi connectivity index (χ0v) is 26.9. The molecule has 0 saturated heterocycles. The molecule has 5 N–H and O–H groups in total. The lowest BCUT2D eigenvalue weighted by atomic mass is 10.3. The van der Waals surface area contributed by atoms with E-state index in [1.54, 1.807) is 54.7 Å². The van der Waals surface area contributed by atoms with Crippen molar-refractivity contribution in [3.8, 4) is 0 Å². The van der Waals surface area contributed by atoms with Crippen molar-refractivity contribution >= 4 is 97.7 Å². The second-order valence-corrected chi connectivity index (χ2v) is 10.8. The van der Waals surface area contributed by atoms with Gasteiger partial charge in [-0.2, -0.15) is 0 Å². The lowest BCUT2D eigenvalue weighted by Crippen LogP contribution is -2.21. The number of nitrogens with one attached hydrogen (secondary N) is 4. The molecule has 0 unspecified atom stereocenters. The molecule has 0 saturated carbocycles. The highest BCUT2D eigenvalue weighted by Crippen LogP contribution is 2.23. The van der Waals surface area contributed by atoms with Gasteiger partial charge in [0, 0.05) is 28.9 Å². The number of benzene rings is 2. The van der Waals surface area contributed by atoms with Crippen molar-refractivity contribution in [2.75, 3.05) is 33.8 Å². The smallest absolute Gasteiger partial charge is 0.324 e. The average Bonchev–Trinajstić information content (AvgIpc) is 2.99. The van der Waals surface area contributed by atoms with E-state index in [9.17, 15) is 14.7 Å². The van der Waals surface area contributed by atoms with Gasteiger partial charge < -0.3 is 15.7 Å². The third kappa shape index (κ3) is 10.00.